The van der Waals surface area contributed by atoms with Crippen LogP contribution < -0.4 is 10.4 Å². The molecule has 0 aliphatic heterocycles. The van der Waals surface area contributed by atoms with E-state index in [1.807, 2.05) is 0 Å². The molecule has 0 spiro atoms. The van der Waals surface area contributed by atoms with Crippen molar-refractivity contribution in [2.45, 2.75) is 25.9 Å². The minimum Gasteiger partial charge on any atom is -0.358 e. The van der Waals surface area contributed by atoms with Crippen LogP contribution >= 0.6 is 31.9 Å². The first-order chi connectivity index (χ1) is 18.0. The third kappa shape index (κ3) is 5.75. The number of benzene rings is 4. The minimum absolute atomic E-state index is 0. The van der Waals surface area contributed by atoms with Crippen LogP contribution in [-0.2, 0) is 25.8 Å². The summed E-state index contributed by atoms with van der Waals surface area (Å²) in [5, 5.41) is 8.53. The predicted molar refractivity (Wildman–Crippen MR) is 184 cm³/mol. The molecule has 6 aromatic rings. The van der Waals surface area contributed by atoms with Gasteiger partial charge in [0.05, 0.1) is 8.07 Å². The first-order valence-corrected chi connectivity index (χ1v) is 16.9. The maximum Gasteiger partial charge on any atom is 4.00 e. The zero-order chi connectivity index (χ0) is 25.6. The van der Waals surface area contributed by atoms with E-state index >= 15 is 0 Å². The van der Waals surface area contributed by atoms with Gasteiger partial charge in [-0.15, -0.1) is 68.3 Å². The van der Waals surface area contributed by atoms with Crippen molar-refractivity contribution >= 4 is 71.9 Å². The van der Waals surface area contributed by atoms with Crippen molar-refractivity contribution in [3.05, 3.63) is 133 Å². The number of hydrogen-bond acceptors (Lipinski definition) is 0. The Kier molecular flexibility index (Phi) is 11.0. The van der Waals surface area contributed by atoms with Crippen molar-refractivity contribution in [1.82, 2.24) is 0 Å². The molecule has 0 nitrogen and oxygen atoms in total. The van der Waals surface area contributed by atoms with Gasteiger partial charge in [0.2, 0.25) is 0 Å². The van der Waals surface area contributed by atoms with Crippen molar-refractivity contribution in [3.8, 4) is 22.3 Å². The Labute approximate surface area is 276 Å². The van der Waals surface area contributed by atoms with Crippen LogP contribution in [0.1, 0.15) is 13.8 Å². The zero-order valence-corrected chi connectivity index (χ0v) is 31.3. The van der Waals surface area contributed by atoms with Gasteiger partial charge in [-0.05, 0) is 35.4 Å². The summed E-state index contributed by atoms with van der Waals surface area (Å²) in [7, 11) is -1.94. The van der Waals surface area contributed by atoms with Crippen LogP contribution in [0.2, 0.25) is 12.1 Å². The minimum atomic E-state index is -1.94. The molecule has 0 fully saturated rings. The van der Waals surface area contributed by atoms with Gasteiger partial charge in [-0.2, -0.15) is 12.1 Å². The fourth-order valence-electron chi connectivity index (χ4n) is 6.02. The summed E-state index contributed by atoms with van der Waals surface area (Å²) < 4.78 is 2.22. The fourth-order valence-corrected chi connectivity index (χ4v) is 10.7. The summed E-state index contributed by atoms with van der Waals surface area (Å²) >= 11 is 7.17. The molecule has 200 valence electrons. The Hall–Kier alpha value is -1.85. The number of rotatable bonds is 6. The topological polar surface area (TPSA) is 0 Å². The van der Waals surface area contributed by atoms with Crippen molar-refractivity contribution in [1.29, 1.82) is 0 Å². The predicted octanol–water partition coefficient (Wildman–Crippen LogP) is 10.8. The third-order valence-electron chi connectivity index (χ3n) is 8.12. The van der Waals surface area contributed by atoms with Crippen LogP contribution in [0.4, 0.5) is 0 Å². The van der Waals surface area contributed by atoms with Gasteiger partial charge in [0, 0.05) is 8.95 Å². The summed E-state index contributed by atoms with van der Waals surface area (Å²) in [5.41, 5.74) is 5.17. The standard InChI is InChI=1S/C34H28Br2Si.2CH3.Hf/c1-3-37(4-2,29-19-25-7-5-9-31(33(25)21-29)23-11-15-27(35)16-12-23)30-20-26-8-6-10-32(34(26)22-30)24-13-17-28(36)18-14-24;;;/h5-22H,3-4H2,1-2H3;2*1H3;/q-2;2*-1;+4. The summed E-state index contributed by atoms with van der Waals surface area (Å²) in [6.45, 7) is 4.80. The molecule has 0 aromatic heterocycles. The normalized spacial score (nSPS) is 11.1. The molecular weight excluding hydrogens is 799 g/mol. The molecule has 0 saturated carbocycles. The quantitative estimate of drug-likeness (QED) is 0.116. The van der Waals surface area contributed by atoms with Gasteiger partial charge < -0.3 is 14.9 Å². The van der Waals surface area contributed by atoms with Crippen LogP contribution in [0.5, 0.6) is 0 Å². The van der Waals surface area contributed by atoms with Crippen LogP contribution in [0, 0.1) is 14.9 Å². The summed E-state index contributed by atoms with van der Waals surface area (Å²) in [5.74, 6) is 0. The second-order valence-corrected chi connectivity index (χ2v) is 16.5. The number of fused-ring (bicyclic) bond motifs is 2. The molecule has 0 atom stereocenters. The molecule has 6 aromatic carbocycles. The van der Waals surface area contributed by atoms with E-state index in [-0.39, 0.29) is 40.7 Å². The molecule has 0 saturated heterocycles. The van der Waals surface area contributed by atoms with E-state index in [0.717, 1.165) is 8.95 Å². The Morgan fingerprint density at radius 2 is 0.950 bits per heavy atom. The monoisotopic (exact) mass is 832 g/mol. The molecule has 6 rings (SSSR count). The Morgan fingerprint density at radius 1 is 0.575 bits per heavy atom. The van der Waals surface area contributed by atoms with Gasteiger partial charge in [-0.1, -0.05) is 105 Å². The molecule has 0 radical (unpaired) electrons. The Bertz CT molecular complexity index is 1580. The van der Waals surface area contributed by atoms with Gasteiger partial charge >= 0.3 is 25.8 Å². The second-order valence-electron chi connectivity index (χ2n) is 9.91. The molecule has 0 amide bonds. The Morgan fingerprint density at radius 3 is 1.30 bits per heavy atom. The SMILES string of the molecule is CC[Si](CC)(c1cc2c(-c3ccc(Br)cc3)cccc2[cH-]1)c1cc2c(-c3ccc(Br)cc3)cccc2[cH-]1.[CH3-].[CH3-].[Hf+4]. The van der Waals surface area contributed by atoms with Crippen molar-refractivity contribution < 1.29 is 25.8 Å². The maximum absolute atomic E-state index is 3.58. The van der Waals surface area contributed by atoms with Gasteiger partial charge in [-0.25, -0.2) is 0 Å². The Balaban J connectivity index is 0.00000147. The van der Waals surface area contributed by atoms with Gasteiger partial charge in [0.15, 0.2) is 0 Å². The largest absolute Gasteiger partial charge is 4.00 e. The first-order valence-electron chi connectivity index (χ1n) is 12.9. The van der Waals surface area contributed by atoms with Gasteiger partial charge in [0.1, 0.15) is 0 Å². The third-order valence-corrected chi connectivity index (χ3v) is 14.4. The summed E-state index contributed by atoms with van der Waals surface area (Å²) in [6, 6.07) is 43.2. The molecule has 0 heterocycles. The molecule has 0 N–H and O–H groups in total. The van der Waals surface area contributed by atoms with Gasteiger partial charge in [0.25, 0.3) is 0 Å². The molecule has 0 aliphatic carbocycles. The van der Waals surface area contributed by atoms with Crippen LogP contribution in [0.15, 0.2) is 118 Å². The second kappa shape index (κ2) is 13.4. The molecule has 40 heavy (non-hydrogen) atoms. The zero-order valence-electron chi connectivity index (χ0n) is 23.6. The summed E-state index contributed by atoms with van der Waals surface area (Å²) in [6.07, 6.45) is 0. The average molecular weight is 833 g/mol. The first kappa shape index (κ1) is 32.7. The number of hydrogen-bond donors (Lipinski definition) is 0. The fraction of sp³-hybridized carbons (Fsp3) is 0.111. The van der Waals surface area contributed by atoms with Crippen molar-refractivity contribution in [3.63, 3.8) is 0 Å². The smallest absolute Gasteiger partial charge is 0.358 e. The van der Waals surface area contributed by atoms with Crippen molar-refractivity contribution in [2.75, 3.05) is 0 Å². The van der Waals surface area contributed by atoms with Crippen molar-refractivity contribution in [2.24, 2.45) is 0 Å². The van der Waals surface area contributed by atoms with Gasteiger partial charge in [-0.3, -0.25) is 0 Å². The molecule has 0 bridgehead atoms. The molecular formula is C36H34Br2HfSi. The van der Waals surface area contributed by atoms with E-state index in [1.165, 1.54) is 55.9 Å². The van der Waals surface area contributed by atoms with Crippen LogP contribution in [0.25, 0.3) is 43.8 Å². The van der Waals surface area contributed by atoms with E-state index in [2.05, 4.69) is 155 Å². The van der Waals surface area contributed by atoms with E-state index in [1.54, 1.807) is 10.4 Å². The van der Waals surface area contributed by atoms with Crippen LogP contribution in [0.3, 0.4) is 0 Å². The van der Waals surface area contributed by atoms with E-state index in [9.17, 15) is 0 Å². The molecule has 0 unspecified atom stereocenters. The summed E-state index contributed by atoms with van der Waals surface area (Å²) in [4.78, 5) is 0. The van der Waals surface area contributed by atoms with E-state index in [0.29, 0.717) is 0 Å². The molecule has 4 heteroatoms. The maximum atomic E-state index is 3.58. The van der Waals surface area contributed by atoms with E-state index < -0.39 is 8.07 Å². The van der Waals surface area contributed by atoms with Crippen LogP contribution in [-0.4, -0.2) is 8.07 Å². The number of halogens is 2. The average Bonchev–Trinajstić information content (AvgIpc) is 3.56. The van der Waals surface area contributed by atoms with E-state index in [4.69, 9.17) is 0 Å². The molecule has 0 aliphatic rings.